The van der Waals surface area contributed by atoms with Crippen LogP contribution >= 0.6 is 0 Å². The molecule has 8 nitrogen and oxygen atoms in total. The largest absolute Gasteiger partial charge is 0.453 e. The minimum Gasteiger partial charge on any atom is -0.360 e. The first-order valence-electron chi connectivity index (χ1n) is 8.33. The molecule has 0 bridgehead atoms. The lowest BCUT2D eigenvalue weighted by Gasteiger charge is -2.19. The summed E-state index contributed by atoms with van der Waals surface area (Å²) in [5.74, 6) is 0.743. The van der Waals surface area contributed by atoms with Crippen molar-refractivity contribution in [3.8, 4) is 0 Å². The van der Waals surface area contributed by atoms with Gasteiger partial charge in [0.25, 0.3) is 11.6 Å². The van der Waals surface area contributed by atoms with E-state index in [0.717, 1.165) is 42.0 Å². The van der Waals surface area contributed by atoms with Gasteiger partial charge in [0.15, 0.2) is 5.82 Å². The zero-order valence-corrected chi connectivity index (χ0v) is 14.2. The van der Waals surface area contributed by atoms with E-state index in [4.69, 9.17) is 0 Å². The lowest BCUT2D eigenvalue weighted by Crippen LogP contribution is -2.19. The van der Waals surface area contributed by atoms with E-state index >= 15 is 0 Å². The van der Waals surface area contributed by atoms with Gasteiger partial charge in [0.05, 0.1) is 6.04 Å². The highest BCUT2D eigenvalue weighted by Gasteiger charge is 2.37. The molecule has 1 aliphatic heterocycles. The number of aromatic nitrogens is 7. The molecule has 0 radical (unpaired) electrons. The molecule has 0 saturated carbocycles. The van der Waals surface area contributed by atoms with Crippen molar-refractivity contribution in [1.82, 2.24) is 34.3 Å². The van der Waals surface area contributed by atoms with Crippen LogP contribution in [0.4, 0.5) is 19.0 Å². The minimum absolute atomic E-state index is 0.102. The van der Waals surface area contributed by atoms with Crippen molar-refractivity contribution in [3.05, 3.63) is 29.2 Å². The lowest BCUT2D eigenvalue weighted by atomic mass is 10.1. The molecule has 0 saturated heterocycles. The second-order valence-corrected chi connectivity index (χ2v) is 6.38. The van der Waals surface area contributed by atoms with Crippen molar-refractivity contribution in [3.63, 3.8) is 0 Å². The van der Waals surface area contributed by atoms with Crippen molar-refractivity contribution in [1.29, 1.82) is 0 Å². The van der Waals surface area contributed by atoms with Crippen molar-refractivity contribution < 1.29 is 13.2 Å². The predicted octanol–water partition coefficient (Wildman–Crippen LogP) is 2.55. The lowest BCUT2D eigenvalue weighted by molar-refractivity contribution is -0.144. The number of rotatable bonds is 3. The number of fused-ring (bicyclic) bond motifs is 2. The molecule has 1 unspecified atom stereocenters. The molecule has 4 rings (SSSR count). The molecule has 1 atom stereocenters. The second-order valence-electron chi connectivity index (χ2n) is 6.38. The van der Waals surface area contributed by atoms with E-state index in [2.05, 4.69) is 35.1 Å². The highest BCUT2D eigenvalue weighted by Crippen LogP contribution is 2.28. The van der Waals surface area contributed by atoms with Gasteiger partial charge in [-0.25, -0.2) is 4.98 Å². The fourth-order valence-corrected chi connectivity index (χ4v) is 3.15. The Morgan fingerprint density at radius 1 is 1.19 bits per heavy atom. The van der Waals surface area contributed by atoms with Crippen LogP contribution in [0, 0.1) is 6.92 Å². The van der Waals surface area contributed by atoms with Crippen LogP contribution < -0.4 is 5.32 Å². The molecule has 138 valence electrons. The normalized spacial score (nSPS) is 15.9. The van der Waals surface area contributed by atoms with Crippen LogP contribution in [0.3, 0.4) is 0 Å². The summed E-state index contributed by atoms with van der Waals surface area (Å²) < 4.78 is 41.9. The molecule has 11 heteroatoms. The van der Waals surface area contributed by atoms with Crippen molar-refractivity contribution >= 4 is 11.6 Å². The van der Waals surface area contributed by atoms with Crippen LogP contribution in [-0.4, -0.2) is 34.3 Å². The standard InChI is InChI=1S/C15H17F3N8/c1-8-7-11(26-14(19-8)21-13(24-26)15(16,17)18)20-9(2)12-23-22-10-5-3-4-6-25(10)12/h7,9,20H,3-6H2,1-2H3. The molecule has 0 aliphatic carbocycles. The number of alkyl halides is 3. The van der Waals surface area contributed by atoms with Gasteiger partial charge >= 0.3 is 6.18 Å². The Labute approximate surface area is 146 Å². The first-order valence-corrected chi connectivity index (χ1v) is 8.33. The summed E-state index contributed by atoms with van der Waals surface area (Å²) in [6, 6.07) is 1.36. The first-order chi connectivity index (χ1) is 12.3. The molecule has 1 aliphatic rings. The van der Waals surface area contributed by atoms with E-state index < -0.39 is 12.0 Å². The van der Waals surface area contributed by atoms with E-state index in [9.17, 15) is 13.2 Å². The fourth-order valence-electron chi connectivity index (χ4n) is 3.15. The topological polar surface area (TPSA) is 85.8 Å². The van der Waals surface area contributed by atoms with Gasteiger partial charge in [0.1, 0.15) is 11.6 Å². The van der Waals surface area contributed by atoms with E-state index in [-0.39, 0.29) is 11.8 Å². The summed E-state index contributed by atoms with van der Waals surface area (Å²) in [5, 5.41) is 15.2. The van der Waals surface area contributed by atoms with Gasteiger partial charge < -0.3 is 9.88 Å². The zero-order chi connectivity index (χ0) is 18.5. The Balaban J connectivity index is 1.70. The molecule has 3 aromatic rings. The Morgan fingerprint density at radius 3 is 2.77 bits per heavy atom. The van der Waals surface area contributed by atoms with E-state index in [1.165, 1.54) is 0 Å². The first kappa shape index (κ1) is 16.7. The number of hydrogen-bond donors (Lipinski definition) is 1. The summed E-state index contributed by atoms with van der Waals surface area (Å²) in [5.41, 5.74) is 0.539. The van der Waals surface area contributed by atoms with Crippen LogP contribution in [0.2, 0.25) is 0 Å². The predicted molar refractivity (Wildman–Crippen MR) is 85.5 cm³/mol. The zero-order valence-electron chi connectivity index (χ0n) is 14.2. The van der Waals surface area contributed by atoms with Gasteiger partial charge in [0, 0.05) is 24.7 Å². The SMILES string of the molecule is Cc1cc(NC(C)c2nnc3n2CCCC3)n2nc(C(F)(F)F)nc2n1. The monoisotopic (exact) mass is 366 g/mol. The number of halogens is 3. The highest BCUT2D eigenvalue weighted by molar-refractivity contribution is 5.46. The number of hydrogen-bond acceptors (Lipinski definition) is 6. The molecule has 0 amide bonds. The number of anilines is 1. The van der Waals surface area contributed by atoms with Gasteiger partial charge in [-0.1, -0.05) is 0 Å². The average Bonchev–Trinajstić information content (AvgIpc) is 3.18. The van der Waals surface area contributed by atoms with Gasteiger partial charge in [-0.05, 0) is 26.7 Å². The maximum atomic E-state index is 12.9. The third kappa shape index (κ3) is 2.86. The van der Waals surface area contributed by atoms with Crippen LogP contribution in [0.25, 0.3) is 5.78 Å². The Bertz CT molecular complexity index is 958. The third-order valence-corrected chi connectivity index (χ3v) is 4.33. The van der Waals surface area contributed by atoms with Gasteiger partial charge in [-0.15, -0.1) is 15.3 Å². The van der Waals surface area contributed by atoms with E-state index in [1.54, 1.807) is 13.0 Å². The Kier molecular flexibility index (Phi) is 3.81. The summed E-state index contributed by atoms with van der Waals surface area (Å²) in [6.07, 6.45) is -1.60. The molecule has 3 aromatic heterocycles. The molecule has 0 spiro atoms. The molecule has 26 heavy (non-hydrogen) atoms. The van der Waals surface area contributed by atoms with Gasteiger partial charge in [-0.2, -0.15) is 22.7 Å². The smallest absolute Gasteiger partial charge is 0.360 e. The Hall–Kier alpha value is -2.72. The van der Waals surface area contributed by atoms with Crippen LogP contribution in [-0.2, 0) is 19.1 Å². The minimum atomic E-state index is -4.63. The highest BCUT2D eigenvalue weighted by atomic mass is 19.4. The molecular formula is C15H17F3N8. The number of aryl methyl sites for hydroxylation is 2. The fraction of sp³-hybridized carbons (Fsp3) is 0.533. The van der Waals surface area contributed by atoms with E-state index in [0.29, 0.717) is 11.5 Å². The average molecular weight is 366 g/mol. The van der Waals surface area contributed by atoms with Crippen molar-refractivity contribution in [2.45, 2.75) is 51.9 Å². The molecule has 0 fully saturated rings. The molecule has 0 aromatic carbocycles. The number of nitrogens with zero attached hydrogens (tertiary/aromatic N) is 7. The summed E-state index contributed by atoms with van der Waals surface area (Å²) in [7, 11) is 0. The maximum Gasteiger partial charge on any atom is 0.453 e. The van der Waals surface area contributed by atoms with E-state index in [1.807, 2.05) is 6.92 Å². The van der Waals surface area contributed by atoms with Crippen LogP contribution in [0.5, 0.6) is 0 Å². The number of nitrogens with one attached hydrogen (secondary N) is 1. The van der Waals surface area contributed by atoms with Crippen molar-refractivity contribution in [2.75, 3.05) is 5.32 Å². The summed E-state index contributed by atoms with van der Waals surface area (Å²) in [6.45, 7) is 4.42. The molecule has 1 N–H and O–H groups in total. The molecular weight excluding hydrogens is 349 g/mol. The van der Waals surface area contributed by atoms with Crippen LogP contribution in [0.15, 0.2) is 6.07 Å². The molecule has 4 heterocycles. The van der Waals surface area contributed by atoms with Gasteiger partial charge in [0.2, 0.25) is 0 Å². The maximum absolute atomic E-state index is 12.9. The van der Waals surface area contributed by atoms with Crippen LogP contribution in [0.1, 0.15) is 49.0 Å². The summed E-state index contributed by atoms with van der Waals surface area (Å²) in [4.78, 5) is 7.52. The quantitative estimate of drug-likeness (QED) is 0.767. The second kappa shape index (κ2) is 5.92. The van der Waals surface area contributed by atoms with Crippen molar-refractivity contribution in [2.24, 2.45) is 0 Å². The summed E-state index contributed by atoms with van der Waals surface area (Å²) >= 11 is 0. The third-order valence-electron chi connectivity index (χ3n) is 4.33. The Morgan fingerprint density at radius 2 is 2.00 bits per heavy atom. The van der Waals surface area contributed by atoms with Gasteiger partial charge in [-0.3, -0.25) is 0 Å².